The maximum Gasteiger partial charge on any atom is 0.261 e. The van der Waals surface area contributed by atoms with Crippen LogP contribution in [0, 0.1) is 6.92 Å². The zero-order chi connectivity index (χ0) is 14.8. The summed E-state index contributed by atoms with van der Waals surface area (Å²) >= 11 is 6.06. The van der Waals surface area contributed by atoms with Crippen LogP contribution in [0.5, 0.6) is 0 Å². The van der Waals surface area contributed by atoms with Crippen LogP contribution in [0.2, 0.25) is 5.02 Å². The van der Waals surface area contributed by atoms with Gasteiger partial charge in [0.15, 0.2) is 0 Å². The van der Waals surface area contributed by atoms with Crippen LogP contribution < -0.4 is 10.9 Å². The summed E-state index contributed by atoms with van der Waals surface area (Å²) in [6.07, 6.45) is 1.65. The first-order chi connectivity index (χ1) is 10.1. The van der Waals surface area contributed by atoms with Gasteiger partial charge in [-0.05, 0) is 24.6 Å². The van der Waals surface area contributed by atoms with Crippen molar-refractivity contribution in [3.8, 4) is 0 Å². The van der Waals surface area contributed by atoms with E-state index in [1.54, 1.807) is 17.0 Å². The lowest BCUT2D eigenvalue weighted by Gasteiger charge is -2.27. The Hall–Kier alpha value is -1.43. The van der Waals surface area contributed by atoms with Gasteiger partial charge in [-0.15, -0.1) is 0 Å². The monoisotopic (exact) mass is 306 g/mol. The van der Waals surface area contributed by atoms with Gasteiger partial charge in [-0.1, -0.05) is 11.6 Å². The Morgan fingerprint density at radius 3 is 2.81 bits per heavy atom. The molecule has 0 saturated carbocycles. The summed E-state index contributed by atoms with van der Waals surface area (Å²) in [5.41, 5.74) is 1.66. The van der Waals surface area contributed by atoms with Gasteiger partial charge in [-0.2, -0.15) is 0 Å². The Bertz CT molecular complexity index is 707. The number of rotatable bonds is 3. The molecule has 1 N–H and O–H groups in total. The number of halogens is 1. The van der Waals surface area contributed by atoms with Crippen LogP contribution in [0.25, 0.3) is 10.9 Å². The Kier molecular flexibility index (Phi) is 4.24. The van der Waals surface area contributed by atoms with E-state index in [2.05, 4.69) is 15.2 Å². The topological polar surface area (TPSA) is 50.2 Å². The van der Waals surface area contributed by atoms with Crippen molar-refractivity contribution in [2.24, 2.45) is 0 Å². The third kappa shape index (κ3) is 3.10. The summed E-state index contributed by atoms with van der Waals surface area (Å²) in [5.74, 6) is 0. The Morgan fingerprint density at radius 1 is 1.29 bits per heavy atom. The number of benzene rings is 1. The predicted molar refractivity (Wildman–Crippen MR) is 85.1 cm³/mol. The molecule has 1 aliphatic heterocycles. The predicted octanol–water partition coefficient (Wildman–Crippen LogP) is 1.26. The summed E-state index contributed by atoms with van der Waals surface area (Å²) in [7, 11) is 0. The molecule has 1 aliphatic rings. The van der Waals surface area contributed by atoms with Crippen molar-refractivity contribution in [3.05, 3.63) is 39.4 Å². The maximum absolute atomic E-state index is 12.5. The highest BCUT2D eigenvalue weighted by atomic mass is 35.5. The summed E-state index contributed by atoms with van der Waals surface area (Å²) in [5, 5.41) is 4.51. The molecule has 3 rings (SSSR count). The molecular weight excluding hydrogens is 288 g/mol. The average molecular weight is 307 g/mol. The van der Waals surface area contributed by atoms with E-state index < -0.39 is 0 Å². The van der Waals surface area contributed by atoms with Crippen molar-refractivity contribution in [2.75, 3.05) is 32.7 Å². The van der Waals surface area contributed by atoms with Gasteiger partial charge in [-0.25, -0.2) is 4.98 Å². The van der Waals surface area contributed by atoms with Crippen molar-refractivity contribution >= 4 is 22.5 Å². The van der Waals surface area contributed by atoms with Crippen molar-refractivity contribution < 1.29 is 0 Å². The van der Waals surface area contributed by atoms with E-state index in [0.717, 1.165) is 43.8 Å². The summed E-state index contributed by atoms with van der Waals surface area (Å²) < 4.78 is 1.68. The summed E-state index contributed by atoms with van der Waals surface area (Å²) in [6.45, 7) is 7.54. The van der Waals surface area contributed by atoms with Crippen LogP contribution in [0.3, 0.4) is 0 Å². The lowest BCUT2D eigenvalue weighted by Crippen LogP contribution is -2.45. The van der Waals surface area contributed by atoms with Gasteiger partial charge in [0, 0.05) is 44.3 Å². The highest BCUT2D eigenvalue weighted by Gasteiger charge is 2.11. The van der Waals surface area contributed by atoms with Crippen LogP contribution >= 0.6 is 11.6 Å². The zero-order valence-corrected chi connectivity index (χ0v) is 12.9. The first kappa shape index (κ1) is 14.5. The molecule has 1 aromatic heterocycles. The molecule has 0 unspecified atom stereocenters. The molecule has 0 radical (unpaired) electrons. The SMILES string of the molecule is Cc1cc(Cl)cc2c(=O)n(CCN3CCNCC3)cnc12. The van der Waals surface area contributed by atoms with Crippen molar-refractivity contribution in [3.63, 3.8) is 0 Å². The number of hydrogen-bond donors (Lipinski definition) is 1. The second-order valence-corrected chi connectivity index (χ2v) is 5.89. The number of nitrogens with zero attached hydrogens (tertiary/aromatic N) is 3. The normalized spacial score (nSPS) is 16.5. The summed E-state index contributed by atoms with van der Waals surface area (Å²) in [6, 6.07) is 3.54. The molecule has 0 aliphatic carbocycles. The van der Waals surface area contributed by atoms with Crippen LogP contribution in [-0.2, 0) is 6.54 Å². The lowest BCUT2D eigenvalue weighted by molar-refractivity contribution is 0.231. The largest absolute Gasteiger partial charge is 0.314 e. The molecule has 0 bridgehead atoms. The van der Waals surface area contributed by atoms with E-state index in [4.69, 9.17) is 11.6 Å². The van der Waals surface area contributed by atoms with E-state index in [9.17, 15) is 4.79 Å². The quantitative estimate of drug-likeness (QED) is 0.928. The van der Waals surface area contributed by atoms with Gasteiger partial charge in [0.25, 0.3) is 5.56 Å². The molecule has 1 aromatic carbocycles. The number of aryl methyl sites for hydroxylation is 1. The van der Waals surface area contributed by atoms with Gasteiger partial charge in [0.1, 0.15) is 0 Å². The smallest absolute Gasteiger partial charge is 0.261 e. The minimum absolute atomic E-state index is 0.0132. The van der Waals surface area contributed by atoms with Gasteiger partial charge in [0.05, 0.1) is 17.2 Å². The third-order valence-electron chi connectivity index (χ3n) is 3.95. The molecule has 2 heterocycles. The van der Waals surface area contributed by atoms with Crippen LogP contribution in [-0.4, -0.2) is 47.2 Å². The molecule has 112 valence electrons. The van der Waals surface area contributed by atoms with Gasteiger partial charge < -0.3 is 5.32 Å². The van der Waals surface area contributed by atoms with Crippen LogP contribution in [0.4, 0.5) is 0 Å². The van der Waals surface area contributed by atoms with Crippen molar-refractivity contribution in [1.82, 2.24) is 19.8 Å². The number of aromatic nitrogens is 2. The van der Waals surface area contributed by atoms with E-state index in [1.165, 1.54) is 0 Å². The van der Waals surface area contributed by atoms with Crippen molar-refractivity contribution in [1.29, 1.82) is 0 Å². The van der Waals surface area contributed by atoms with E-state index in [0.29, 0.717) is 17.0 Å². The molecule has 2 aromatic rings. The fourth-order valence-electron chi connectivity index (χ4n) is 2.75. The third-order valence-corrected chi connectivity index (χ3v) is 4.17. The first-order valence-corrected chi connectivity index (χ1v) is 7.61. The Morgan fingerprint density at radius 2 is 2.05 bits per heavy atom. The average Bonchev–Trinajstić information content (AvgIpc) is 2.48. The second-order valence-electron chi connectivity index (χ2n) is 5.45. The number of hydrogen-bond acceptors (Lipinski definition) is 4. The molecule has 5 nitrogen and oxygen atoms in total. The van der Waals surface area contributed by atoms with Gasteiger partial charge in [-0.3, -0.25) is 14.3 Å². The second kappa shape index (κ2) is 6.13. The minimum Gasteiger partial charge on any atom is -0.314 e. The van der Waals surface area contributed by atoms with Gasteiger partial charge in [0.2, 0.25) is 0 Å². The lowest BCUT2D eigenvalue weighted by atomic mass is 10.1. The molecular formula is C15H19ClN4O. The highest BCUT2D eigenvalue weighted by molar-refractivity contribution is 6.31. The van der Waals surface area contributed by atoms with E-state index in [1.807, 2.05) is 13.0 Å². The van der Waals surface area contributed by atoms with Crippen LogP contribution in [0.1, 0.15) is 5.56 Å². The van der Waals surface area contributed by atoms with E-state index in [-0.39, 0.29) is 5.56 Å². The standard InChI is InChI=1S/C15H19ClN4O/c1-11-8-12(16)9-13-14(11)18-10-20(15(13)21)7-6-19-4-2-17-3-5-19/h8-10,17H,2-7H2,1H3. The van der Waals surface area contributed by atoms with E-state index >= 15 is 0 Å². The number of fused-ring (bicyclic) bond motifs is 1. The highest BCUT2D eigenvalue weighted by Crippen LogP contribution is 2.18. The minimum atomic E-state index is -0.0132. The number of piperazine rings is 1. The Balaban J connectivity index is 1.86. The fraction of sp³-hybridized carbons (Fsp3) is 0.467. The molecule has 21 heavy (non-hydrogen) atoms. The Labute approximate surface area is 128 Å². The zero-order valence-electron chi connectivity index (χ0n) is 12.1. The first-order valence-electron chi connectivity index (χ1n) is 7.23. The number of nitrogens with one attached hydrogen (secondary N) is 1. The molecule has 0 spiro atoms. The molecule has 0 amide bonds. The van der Waals surface area contributed by atoms with Crippen molar-refractivity contribution in [2.45, 2.75) is 13.5 Å². The molecule has 0 atom stereocenters. The van der Waals surface area contributed by atoms with Gasteiger partial charge >= 0.3 is 0 Å². The maximum atomic E-state index is 12.5. The van der Waals surface area contributed by atoms with Crippen LogP contribution in [0.15, 0.2) is 23.3 Å². The fourth-order valence-corrected chi connectivity index (χ4v) is 3.02. The summed E-state index contributed by atoms with van der Waals surface area (Å²) in [4.78, 5) is 19.3. The molecule has 1 fully saturated rings. The molecule has 1 saturated heterocycles. The molecule has 6 heteroatoms.